The van der Waals surface area contributed by atoms with Crippen molar-refractivity contribution >= 4 is 64.0 Å². The minimum Gasteiger partial charge on any atom is -0.351 e. The molecule has 2 aromatic heterocycles. The summed E-state index contributed by atoms with van der Waals surface area (Å²) in [5.74, 6) is -1.30. The van der Waals surface area contributed by atoms with Gasteiger partial charge < -0.3 is 20.5 Å². The van der Waals surface area contributed by atoms with Crippen LogP contribution in [0.1, 0.15) is 50.1 Å². The van der Waals surface area contributed by atoms with Gasteiger partial charge in [-0.15, -0.1) is 23.7 Å². The van der Waals surface area contributed by atoms with E-state index in [1.165, 1.54) is 16.2 Å². The number of H-pyrrole nitrogens is 1. The average molecular weight is 580 g/mol. The third-order valence-corrected chi connectivity index (χ3v) is 8.65. The predicted molar refractivity (Wildman–Crippen MR) is 151 cm³/mol. The zero-order chi connectivity index (χ0) is 26.4. The van der Waals surface area contributed by atoms with Gasteiger partial charge in [-0.2, -0.15) is 0 Å². The molecule has 0 saturated heterocycles. The first-order valence-corrected chi connectivity index (χ1v) is 13.6. The Hall–Kier alpha value is -2.50. The second-order valence-corrected chi connectivity index (χ2v) is 11.8. The van der Waals surface area contributed by atoms with Crippen LogP contribution >= 0.6 is 35.3 Å². The quantitative estimate of drug-likeness (QED) is 0.457. The normalized spacial score (nSPS) is 21.4. The number of amides is 3. The van der Waals surface area contributed by atoms with E-state index in [0.717, 1.165) is 41.0 Å². The standard InChI is InChI=1S/C26H31ClN6O3S.ClH/c1-31(2)24(34)14-4-6-17(28)21(12-14)33(25(35)20-11-15-10-16(27)5-7-18(15)29-20)26(36)23-30-19-8-9-32(3)13-22(19)37-23;/h5,7,10-11,14,17,21,29H,4,6,8-9,12-13,28H2,1-3H3;1H/t14-,17-,21+;/m1./s1. The number of hydrogen-bond donors (Lipinski definition) is 2. The fourth-order valence-corrected chi connectivity index (χ4v) is 6.62. The molecular weight excluding hydrogens is 547 g/mol. The fourth-order valence-electron chi connectivity index (χ4n) is 5.32. The van der Waals surface area contributed by atoms with Crippen molar-refractivity contribution in [3.8, 4) is 0 Å². The molecule has 3 atom stereocenters. The molecule has 1 aliphatic heterocycles. The van der Waals surface area contributed by atoms with Crippen molar-refractivity contribution in [1.82, 2.24) is 24.7 Å². The van der Waals surface area contributed by atoms with Gasteiger partial charge in [0, 0.05) is 66.4 Å². The fraction of sp³-hybridized carbons (Fsp3) is 0.462. The Morgan fingerprint density at radius 2 is 1.95 bits per heavy atom. The lowest BCUT2D eigenvalue weighted by molar-refractivity contribution is -0.134. The van der Waals surface area contributed by atoms with Crippen molar-refractivity contribution in [2.75, 3.05) is 27.7 Å². The second-order valence-electron chi connectivity index (χ2n) is 10.2. The third-order valence-electron chi connectivity index (χ3n) is 7.35. The Labute approximate surface area is 236 Å². The molecule has 0 bridgehead atoms. The molecule has 0 radical (unpaired) electrons. The summed E-state index contributed by atoms with van der Waals surface area (Å²) in [4.78, 5) is 54.7. The first kappa shape index (κ1) is 28.5. The van der Waals surface area contributed by atoms with E-state index in [4.69, 9.17) is 17.3 Å². The van der Waals surface area contributed by atoms with Gasteiger partial charge in [-0.05, 0) is 50.6 Å². The molecule has 9 nitrogen and oxygen atoms in total. The number of rotatable bonds is 4. The van der Waals surface area contributed by atoms with Crippen LogP contribution in [0, 0.1) is 5.92 Å². The van der Waals surface area contributed by atoms with Crippen LogP contribution in [0.4, 0.5) is 0 Å². The summed E-state index contributed by atoms with van der Waals surface area (Å²) in [5.41, 5.74) is 8.45. The molecule has 38 heavy (non-hydrogen) atoms. The average Bonchev–Trinajstić information content (AvgIpc) is 3.48. The highest BCUT2D eigenvalue weighted by Gasteiger charge is 2.42. The third kappa shape index (κ3) is 5.46. The van der Waals surface area contributed by atoms with E-state index in [-0.39, 0.29) is 34.9 Å². The Kier molecular flexibility index (Phi) is 8.49. The van der Waals surface area contributed by atoms with Crippen LogP contribution in [-0.4, -0.2) is 82.2 Å². The van der Waals surface area contributed by atoms with Crippen LogP contribution in [0.3, 0.4) is 0 Å². The summed E-state index contributed by atoms with van der Waals surface area (Å²) in [6, 6.07) is 5.91. The molecule has 1 fully saturated rings. The van der Waals surface area contributed by atoms with E-state index in [1.807, 2.05) is 7.05 Å². The summed E-state index contributed by atoms with van der Waals surface area (Å²) in [6.45, 7) is 1.59. The lowest BCUT2D eigenvalue weighted by Crippen LogP contribution is -2.56. The molecule has 1 aliphatic carbocycles. The second kappa shape index (κ2) is 11.3. The number of nitrogens with one attached hydrogen (secondary N) is 1. The van der Waals surface area contributed by atoms with E-state index in [0.29, 0.717) is 24.3 Å². The van der Waals surface area contributed by atoms with Crippen molar-refractivity contribution in [2.45, 2.75) is 44.3 Å². The monoisotopic (exact) mass is 578 g/mol. The van der Waals surface area contributed by atoms with Crippen LogP contribution in [0.2, 0.25) is 5.02 Å². The molecule has 3 N–H and O–H groups in total. The van der Waals surface area contributed by atoms with Gasteiger partial charge in [-0.3, -0.25) is 19.3 Å². The zero-order valence-corrected chi connectivity index (χ0v) is 24.0. The van der Waals surface area contributed by atoms with Crippen molar-refractivity contribution < 1.29 is 14.4 Å². The first-order valence-electron chi connectivity index (χ1n) is 12.4. The van der Waals surface area contributed by atoms with Gasteiger partial charge in [-0.25, -0.2) is 4.98 Å². The maximum absolute atomic E-state index is 14.0. The SMILES string of the molecule is CN1CCc2nc(C(=O)N(C(=O)c3cc4cc(Cl)ccc4[nH]3)[C@H]3C[C@H](C(=O)N(C)C)CC[C@H]3N)sc2C1.Cl. The zero-order valence-electron chi connectivity index (χ0n) is 21.6. The molecule has 3 aromatic rings. The summed E-state index contributed by atoms with van der Waals surface area (Å²) >= 11 is 7.48. The highest BCUT2D eigenvalue weighted by Crippen LogP contribution is 2.33. The minimum absolute atomic E-state index is 0. The van der Waals surface area contributed by atoms with Crippen molar-refractivity contribution in [3.05, 3.63) is 50.6 Å². The van der Waals surface area contributed by atoms with Gasteiger partial charge in [0.15, 0.2) is 5.01 Å². The number of imide groups is 1. The largest absolute Gasteiger partial charge is 0.351 e. The summed E-state index contributed by atoms with van der Waals surface area (Å²) < 4.78 is 0. The summed E-state index contributed by atoms with van der Waals surface area (Å²) in [7, 11) is 5.46. The molecule has 3 heterocycles. The van der Waals surface area contributed by atoms with Crippen LogP contribution in [0.15, 0.2) is 24.3 Å². The minimum atomic E-state index is -0.638. The van der Waals surface area contributed by atoms with Gasteiger partial charge in [0.2, 0.25) is 5.91 Å². The number of halogens is 2. The van der Waals surface area contributed by atoms with Gasteiger partial charge in [-0.1, -0.05) is 11.6 Å². The predicted octanol–water partition coefficient (Wildman–Crippen LogP) is 3.55. The van der Waals surface area contributed by atoms with Crippen LogP contribution in [0.25, 0.3) is 10.9 Å². The molecule has 0 spiro atoms. The molecule has 204 valence electrons. The van der Waals surface area contributed by atoms with E-state index in [2.05, 4.69) is 14.9 Å². The number of likely N-dealkylation sites (N-methyl/N-ethyl adjacent to an activating group) is 1. The highest BCUT2D eigenvalue weighted by atomic mass is 35.5. The highest BCUT2D eigenvalue weighted by molar-refractivity contribution is 7.13. The maximum atomic E-state index is 14.0. The Morgan fingerprint density at radius 1 is 1.18 bits per heavy atom. The molecule has 0 unspecified atom stereocenters. The van der Waals surface area contributed by atoms with Gasteiger partial charge in [0.05, 0.1) is 11.7 Å². The molecule has 2 aliphatic rings. The number of hydrogen-bond acceptors (Lipinski definition) is 7. The number of carbonyl (C=O) groups excluding carboxylic acids is 3. The Morgan fingerprint density at radius 3 is 2.68 bits per heavy atom. The Bertz CT molecular complexity index is 1370. The molecule has 5 rings (SSSR count). The maximum Gasteiger partial charge on any atom is 0.290 e. The lowest BCUT2D eigenvalue weighted by Gasteiger charge is -2.39. The molecule has 1 saturated carbocycles. The van der Waals surface area contributed by atoms with Crippen molar-refractivity contribution in [1.29, 1.82) is 0 Å². The number of fused-ring (bicyclic) bond motifs is 2. The smallest absolute Gasteiger partial charge is 0.290 e. The van der Waals surface area contributed by atoms with Gasteiger partial charge in [0.25, 0.3) is 11.8 Å². The van der Waals surface area contributed by atoms with Crippen LogP contribution < -0.4 is 5.73 Å². The molecule has 1 aromatic carbocycles. The van der Waals surface area contributed by atoms with E-state index < -0.39 is 23.9 Å². The molecule has 3 amide bonds. The number of benzene rings is 1. The number of nitrogens with zero attached hydrogens (tertiary/aromatic N) is 4. The topological polar surface area (TPSA) is 116 Å². The number of nitrogens with two attached hydrogens (primary N) is 1. The number of aromatic amines is 1. The van der Waals surface area contributed by atoms with Crippen LogP contribution in [0.5, 0.6) is 0 Å². The van der Waals surface area contributed by atoms with Crippen molar-refractivity contribution in [3.63, 3.8) is 0 Å². The summed E-state index contributed by atoms with van der Waals surface area (Å²) in [5, 5.41) is 1.60. The van der Waals surface area contributed by atoms with Crippen LogP contribution in [-0.2, 0) is 17.8 Å². The molecule has 12 heteroatoms. The number of thiazole rings is 1. The van der Waals surface area contributed by atoms with Gasteiger partial charge >= 0.3 is 0 Å². The van der Waals surface area contributed by atoms with Gasteiger partial charge in [0.1, 0.15) is 5.69 Å². The Balaban J connectivity index is 0.00000336. The van der Waals surface area contributed by atoms with E-state index >= 15 is 0 Å². The number of aromatic nitrogens is 2. The molecular formula is C26H32Cl2N6O3S. The van der Waals surface area contributed by atoms with E-state index in [9.17, 15) is 14.4 Å². The summed E-state index contributed by atoms with van der Waals surface area (Å²) in [6.07, 6.45) is 2.23. The lowest BCUT2D eigenvalue weighted by atomic mass is 9.81. The van der Waals surface area contributed by atoms with Crippen molar-refractivity contribution in [2.24, 2.45) is 11.7 Å². The first-order chi connectivity index (χ1) is 17.6. The van der Waals surface area contributed by atoms with E-state index in [1.54, 1.807) is 43.3 Å². The number of carbonyl (C=O) groups is 3.